The van der Waals surface area contributed by atoms with Gasteiger partial charge < -0.3 is 4.74 Å². The van der Waals surface area contributed by atoms with Crippen LogP contribution in [0, 0.1) is 46.3 Å². The van der Waals surface area contributed by atoms with Gasteiger partial charge in [-0.05, 0) is 96.8 Å². The van der Waals surface area contributed by atoms with Gasteiger partial charge in [0.1, 0.15) is 6.10 Å². The Morgan fingerprint density at radius 2 is 1.77 bits per heavy atom. The molecular formula is C38H54O2. The summed E-state index contributed by atoms with van der Waals surface area (Å²) in [5, 5.41) is 0. The summed E-state index contributed by atoms with van der Waals surface area (Å²) in [5.41, 5.74) is 3.55. The molecule has 0 N–H and O–H groups in total. The molecule has 218 valence electrons. The van der Waals surface area contributed by atoms with E-state index in [1.165, 1.54) is 51.4 Å². The first-order valence-corrected chi connectivity index (χ1v) is 16.5. The first-order chi connectivity index (χ1) is 19.2. The molecule has 0 bridgehead atoms. The topological polar surface area (TPSA) is 26.3 Å². The van der Waals surface area contributed by atoms with E-state index in [1.54, 1.807) is 17.7 Å². The van der Waals surface area contributed by atoms with Gasteiger partial charge >= 0.3 is 5.97 Å². The summed E-state index contributed by atoms with van der Waals surface area (Å²) in [6.07, 6.45) is 24.1. The van der Waals surface area contributed by atoms with E-state index < -0.39 is 0 Å². The molecule has 3 saturated carbocycles. The van der Waals surface area contributed by atoms with Gasteiger partial charge in [0.25, 0.3) is 0 Å². The first-order valence-electron chi connectivity index (χ1n) is 16.5. The Labute approximate surface area is 244 Å². The van der Waals surface area contributed by atoms with Crippen LogP contribution < -0.4 is 0 Å². The van der Waals surface area contributed by atoms with Crippen molar-refractivity contribution in [3.05, 3.63) is 65.8 Å². The average molecular weight is 543 g/mol. The number of rotatable bonds is 9. The van der Waals surface area contributed by atoms with E-state index in [-0.39, 0.29) is 12.1 Å². The minimum atomic E-state index is -0.214. The first kappa shape index (κ1) is 29.4. The maximum absolute atomic E-state index is 12.6. The highest BCUT2D eigenvalue weighted by Gasteiger charge is 2.59. The zero-order valence-corrected chi connectivity index (χ0v) is 25.9. The summed E-state index contributed by atoms with van der Waals surface area (Å²) in [7, 11) is 0. The van der Waals surface area contributed by atoms with Crippen molar-refractivity contribution in [1.82, 2.24) is 0 Å². The van der Waals surface area contributed by atoms with Crippen molar-refractivity contribution in [3.8, 4) is 0 Å². The summed E-state index contributed by atoms with van der Waals surface area (Å²) in [6, 6.07) is 10.1. The molecule has 0 radical (unpaired) electrons. The Hall–Kier alpha value is -2.09. The fourth-order valence-corrected chi connectivity index (χ4v) is 9.82. The lowest BCUT2D eigenvalue weighted by molar-refractivity contribution is -0.145. The van der Waals surface area contributed by atoms with E-state index in [0.29, 0.717) is 10.8 Å². The molecule has 0 heterocycles. The van der Waals surface area contributed by atoms with Crippen molar-refractivity contribution < 1.29 is 9.53 Å². The second-order valence-corrected chi connectivity index (χ2v) is 14.7. The summed E-state index contributed by atoms with van der Waals surface area (Å²) in [5.74, 6) is 4.93. The van der Waals surface area contributed by atoms with Gasteiger partial charge in [-0.3, -0.25) is 0 Å². The summed E-state index contributed by atoms with van der Waals surface area (Å²) in [4.78, 5) is 12.6. The molecule has 5 rings (SSSR count). The summed E-state index contributed by atoms with van der Waals surface area (Å²) in [6.45, 7) is 12.5. The van der Waals surface area contributed by atoms with Crippen LogP contribution in [0.5, 0.6) is 0 Å². The molecule has 3 fully saturated rings. The molecule has 1 aromatic rings. The van der Waals surface area contributed by atoms with E-state index in [0.717, 1.165) is 60.3 Å². The van der Waals surface area contributed by atoms with Gasteiger partial charge in [0.15, 0.2) is 0 Å². The third-order valence-corrected chi connectivity index (χ3v) is 12.0. The van der Waals surface area contributed by atoms with Crippen LogP contribution in [0.25, 0.3) is 6.08 Å². The molecule has 0 spiro atoms. The van der Waals surface area contributed by atoms with Gasteiger partial charge in [-0.2, -0.15) is 0 Å². The Kier molecular flexibility index (Phi) is 9.13. The van der Waals surface area contributed by atoms with Gasteiger partial charge in [-0.25, -0.2) is 4.79 Å². The van der Waals surface area contributed by atoms with E-state index in [2.05, 4.69) is 52.8 Å². The van der Waals surface area contributed by atoms with Crippen LogP contribution in [-0.4, -0.2) is 12.1 Å². The zero-order chi connectivity index (χ0) is 28.3. The quantitative estimate of drug-likeness (QED) is 0.134. The maximum atomic E-state index is 12.6. The van der Waals surface area contributed by atoms with Crippen LogP contribution in [-0.2, 0) is 9.53 Å². The number of hydrogen-bond acceptors (Lipinski definition) is 2. The number of ether oxygens (including phenoxy) is 1. The molecule has 2 heteroatoms. The normalized spacial score (nSPS) is 36.2. The number of benzene rings is 1. The Morgan fingerprint density at radius 1 is 0.975 bits per heavy atom. The molecule has 0 unspecified atom stereocenters. The molecule has 4 aliphatic carbocycles. The molecular weight excluding hydrogens is 488 g/mol. The van der Waals surface area contributed by atoms with Crippen molar-refractivity contribution in [2.45, 2.75) is 111 Å². The highest BCUT2D eigenvalue weighted by molar-refractivity contribution is 5.82. The van der Waals surface area contributed by atoms with Crippen LogP contribution in [0.4, 0.5) is 0 Å². The largest absolute Gasteiger partial charge is 0.459 e. The third-order valence-electron chi connectivity index (χ3n) is 12.0. The maximum Gasteiger partial charge on any atom is 0.331 e. The molecule has 8 atom stereocenters. The number of esters is 1. The van der Waals surface area contributed by atoms with Crippen molar-refractivity contribution >= 4 is 12.0 Å². The lowest BCUT2D eigenvalue weighted by atomic mass is 9.47. The van der Waals surface area contributed by atoms with Crippen LogP contribution in [0.2, 0.25) is 0 Å². The minimum absolute atomic E-state index is 0.0162. The zero-order valence-electron chi connectivity index (χ0n) is 25.9. The number of fused-ring (bicyclic) bond motifs is 5. The van der Waals surface area contributed by atoms with Gasteiger partial charge in [0, 0.05) is 12.5 Å². The van der Waals surface area contributed by atoms with Crippen LogP contribution in [0.3, 0.4) is 0 Å². The standard InChI is InChI=1S/C38H54O2/c1-27(2)12-11-13-28(3)33-20-21-34-32-19-18-30-26-31(22-24-37(30,4)35(32)23-25-38(33,34)5)40-36(39)17-10-9-16-29-14-7-6-8-15-29/h6-10,14-18,27-28,31-35H,11-13,19-26H2,1-5H3/b16-9+,17-10+/t28-,31+,32+,33-,34-,35+,37+,38-/m1/s1. The fraction of sp³-hybridized carbons (Fsp3) is 0.658. The molecule has 4 aliphatic rings. The van der Waals surface area contributed by atoms with Gasteiger partial charge in [0.05, 0.1) is 0 Å². The number of carbonyl (C=O) groups is 1. The Morgan fingerprint density at radius 3 is 2.55 bits per heavy atom. The molecule has 0 aromatic heterocycles. The van der Waals surface area contributed by atoms with Crippen LogP contribution in [0.1, 0.15) is 111 Å². The summed E-state index contributed by atoms with van der Waals surface area (Å²) < 4.78 is 5.95. The van der Waals surface area contributed by atoms with Gasteiger partial charge in [-0.1, -0.05) is 114 Å². The Bertz CT molecular complexity index is 1100. The average Bonchev–Trinajstić information content (AvgIpc) is 3.29. The molecule has 0 saturated heterocycles. The third kappa shape index (κ3) is 6.07. The minimum Gasteiger partial charge on any atom is -0.459 e. The summed E-state index contributed by atoms with van der Waals surface area (Å²) >= 11 is 0. The number of hydrogen-bond donors (Lipinski definition) is 0. The van der Waals surface area contributed by atoms with Crippen molar-refractivity contribution in [2.75, 3.05) is 0 Å². The van der Waals surface area contributed by atoms with E-state index >= 15 is 0 Å². The predicted octanol–water partition coefficient (Wildman–Crippen LogP) is 10.2. The smallest absolute Gasteiger partial charge is 0.331 e. The molecule has 0 amide bonds. The van der Waals surface area contributed by atoms with E-state index in [1.807, 2.05) is 30.4 Å². The monoisotopic (exact) mass is 542 g/mol. The number of allylic oxidation sites excluding steroid dienone is 3. The van der Waals surface area contributed by atoms with Crippen molar-refractivity contribution in [3.63, 3.8) is 0 Å². The van der Waals surface area contributed by atoms with Crippen molar-refractivity contribution in [1.29, 1.82) is 0 Å². The molecule has 0 aliphatic heterocycles. The lowest BCUT2D eigenvalue weighted by Gasteiger charge is -2.58. The Balaban J connectivity index is 1.18. The van der Waals surface area contributed by atoms with E-state index in [9.17, 15) is 4.79 Å². The van der Waals surface area contributed by atoms with Gasteiger partial charge in [0.2, 0.25) is 0 Å². The highest BCUT2D eigenvalue weighted by Crippen LogP contribution is 2.67. The molecule has 40 heavy (non-hydrogen) atoms. The highest BCUT2D eigenvalue weighted by atomic mass is 16.5. The van der Waals surface area contributed by atoms with Crippen LogP contribution >= 0.6 is 0 Å². The van der Waals surface area contributed by atoms with E-state index in [4.69, 9.17) is 4.74 Å². The predicted molar refractivity (Wildman–Crippen MR) is 168 cm³/mol. The SMILES string of the molecule is CC(C)CCC[C@@H](C)[C@H]1CC[C@@H]2[C@@H]3CC=C4C[C@@H](OC(=O)/C=C/C=C/c5ccccc5)CC[C@]4(C)[C@H]3CC[C@@]21C. The second kappa shape index (κ2) is 12.4. The second-order valence-electron chi connectivity index (χ2n) is 14.7. The lowest BCUT2D eigenvalue weighted by Crippen LogP contribution is -2.51. The number of carbonyl (C=O) groups excluding carboxylic acids is 1. The van der Waals surface area contributed by atoms with Crippen LogP contribution in [0.15, 0.2) is 60.2 Å². The van der Waals surface area contributed by atoms with Gasteiger partial charge in [-0.15, -0.1) is 0 Å². The fourth-order valence-electron chi connectivity index (χ4n) is 9.82. The molecule has 2 nitrogen and oxygen atoms in total. The van der Waals surface area contributed by atoms with Crippen molar-refractivity contribution in [2.24, 2.45) is 46.3 Å². The molecule has 1 aromatic carbocycles.